The molecule has 1 aromatic rings. The molecule has 1 atom stereocenters. The lowest BCUT2D eigenvalue weighted by atomic mass is 9.99. The Balaban J connectivity index is 1.78. The summed E-state index contributed by atoms with van der Waals surface area (Å²) in [7, 11) is 1.44. The Bertz CT molecular complexity index is 468. The van der Waals surface area contributed by atoms with Gasteiger partial charge in [0.25, 0.3) is 0 Å². The Hall–Kier alpha value is -1.55. The summed E-state index contributed by atoms with van der Waals surface area (Å²) in [6.07, 6.45) is 2.83. The monoisotopic (exact) mass is 290 g/mol. The molecule has 1 fully saturated rings. The fraction of sp³-hybridized carbons (Fsp3) is 0.588. The molecule has 1 heterocycles. The lowest BCUT2D eigenvalue weighted by Crippen LogP contribution is -2.47. The van der Waals surface area contributed by atoms with E-state index in [9.17, 15) is 4.79 Å². The first-order valence-corrected chi connectivity index (χ1v) is 7.73. The quantitative estimate of drug-likeness (QED) is 0.927. The van der Waals surface area contributed by atoms with Gasteiger partial charge in [-0.15, -0.1) is 0 Å². The molecule has 0 radical (unpaired) electrons. The SMILES string of the molecule is COC(=O)N1CCC(N[C@@H](C)Cc2ccccc2C)CC1. The molecular formula is C17H26N2O2. The molecule has 0 unspecified atom stereocenters. The minimum absolute atomic E-state index is 0.207. The second-order valence-corrected chi connectivity index (χ2v) is 5.93. The number of nitrogens with zero attached hydrogens (tertiary/aromatic N) is 1. The van der Waals surface area contributed by atoms with Crippen LogP contribution in [0.1, 0.15) is 30.9 Å². The highest BCUT2D eigenvalue weighted by atomic mass is 16.5. The van der Waals surface area contributed by atoms with Crippen LogP contribution in [0.4, 0.5) is 4.79 Å². The van der Waals surface area contributed by atoms with Gasteiger partial charge in [0, 0.05) is 25.2 Å². The number of ether oxygens (including phenoxy) is 1. The predicted molar refractivity (Wildman–Crippen MR) is 84.5 cm³/mol. The molecule has 0 bridgehead atoms. The van der Waals surface area contributed by atoms with Gasteiger partial charge in [0.05, 0.1) is 7.11 Å². The lowest BCUT2D eigenvalue weighted by molar-refractivity contribution is 0.109. The largest absolute Gasteiger partial charge is 0.453 e. The van der Waals surface area contributed by atoms with Gasteiger partial charge >= 0.3 is 6.09 Å². The molecule has 0 aliphatic carbocycles. The highest BCUT2D eigenvalue weighted by Crippen LogP contribution is 2.14. The molecular weight excluding hydrogens is 264 g/mol. The average Bonchev–Trinajstić information content (AvgIpc) is 2.49. The van der Waals surface area contributed by atoms with Gasteiger partial charge in [0.1, 0.15) is 0 Å². The van der Waals surface area contributed by atoms with Crippen molar-refractivity contribution in [1.29, 1.82) is 0 Å². The molecule has 4 nitrogen and oxygen atoms in total. The summed E-state index contributed by atoms with van der Waals surface area (Å²) in [5.41, 5.74) is 2.76. The highest BCUT2D eigenvalue weighted by Gasteiger charge is 2.23. The number of hydrogen-bond acceptors (Lipinski definition) is 3. The number of likely N-dealkylation sites (tertiary alicyclic amines) is 1. The molecule has 1 aliphatic rings. The van der Waals surface area contributed by atoms with E-state index >= 15 is 0 Å². The zero-order chi connectivity index (χ0) is 15.2. The van der Waals surface area contributed by atoms with Gasteiger partial charge in [-0.1, -0.05) is 24.3 Å². The summed E-state index contributed by atoms with van der Waals surface area (Å²) in [4.78, 5) is 13.2. The van der Waals surface area contributed by atoms with Gasteiger partial charge in [0.15, 0.2) is 0 Å². The lowest BCUT2D eigenvalue weighted by Gasteiger charge is -2.33. The van der Waals surface area contributed by atoms with Crippen LogP contribution in [0.25, 0.3) is 0 Å². The second kappa shape index (κ2) is 7.46. The third kappa shape index (κ3) is 4.46. The van der Waals surface area contributed by atoms with Crippen molar-refractivity contribution in [2.45, 2.75) is 45.2 Å². The summed E-state index contributed by atoms with van der Waals surface area (Å²) >= 11 is 0. The van der Waals surface area contributed by atoms with E-state index in [1.165, 1.54) is 18.2 Å². The molecule has 1 aliphatic heterocycles. The third-order valence-corrected chi connectivity index (χ3v) is 4.24. The van der Waals surface area contributed by atoms with Crippen LogP contribution in [0.15, 0.2) is 24.3 Å². The van der Waals surface area contributed by atoms with Crippen molar-refractivity contribution >= 4 is 6.09 Å². The van der Waals surface area contributed by atoms with Crippen LogP contribution < -0.4 is 5.32 Å². The van der Waals surface area contributed by atoms with Gasteiger partial charge in [-0.05, 0) is 44.2 Å². The van der Waals surface area contributed by atoms with Crippen LogP contribution in [0.2, 0.25) is 0 Å². The fourth-order valence-electron chi connectivity index (χ4n) is 2.99. The number of amides is 1. The number of hydrogen-bond donors (Lipinski definition) is 1. The van der Waals surface area contributed by atoms with Gasteiger partial charge in [-0.3, -0.25) is 0 Å². The first-order chi connectivity index (χ1) is 10.1. The second-order valence-electron chi connectivity index (χ2n) is 5.93. The van der Waals surface area contributed by atoms with E-state index < -0.39 is 0 Å². The standard InChI is InChI=1S/C17H26N2O2/c1-13-6-4-5-7-15(13)12-14(2)18-16-8-10-19(11-9-16)17(20)21-3/h4-7,14,16,18H,8-12H2,1-3H3/t14-/m0/s1. The Morgan fingerprint density at radius 3 is 2.67 bits per heavy atom. The van der Waals surface area contributed by atoms with Crippen molar-refractivity contribution in [2.75, 3.05) is 20.2 Å². The van der Waals surface area contributed by atoms with Crippen LogP contribution in [-0.4, -0.2) is 43.3 Å². The molecule has 0 saturated carbocycles. The van der Waals surface area contributed by atoms with Crippen LogP contribution >= 0.6 is 0 Å². The first-order valence-electron chi connectivity index (χ1n) is 7.73. The van der Waals surface area contributed by atoms with Crippen LogP contribution in [-0.2, 0) is 11.2 Å². The maximum Gasteiger partial charge on any atom is 0.409 e. The van der Waals surface area contributed by atoms with E-state index in [0.29, 0.717) is 12.1 Å². The molecule has 0 aromatic heterocycles. The van der Waals surface area contributed by atoms with E-state index in [0.717, 1.165) is 32.4 Å². The molecule has 1 aromatic carbocycles. The maximum absolute atomic E-state index is 11.5. The molecule has 1 amide bonds. The molecule has 21 heavy (non-hydrogen) atoms. The number of rotatable bonds is 4. The number of benzene rings is 1. The smallest absolute Gasteiger partial charge is 0.409 e. The first kappa shape index (κ1) is 15.8. The summed E-state index contributed by atoms with van der Waals surface area (Å²) in [6, 6.07) is 9.49. The Kier molecular flexibility index (Phi) is 5.62. The zero-order valence-corrected chi connectivity index (χ0v) is 13.3. The summed E-state index contributed by atoms with van der Waals surface area (Å²) in [6.45, 7) is 5.96. The summed E-state index contributed by atoms with van der Waals surface area (Å²) < 4.78 is 4.76. The number of carbonyl (C=O) groups is 1. The predicted octanol–water partition coefficient (Wildman–Crippen LogP) is 2.75. The minimum atomic E-state index is -0.207. The zero-order valence-electron chi connectivity index (χ0n) is 13.3. The Morgan fingerprint density at radius 2 is 2.05 bits per heavy atom. The van der Waals surface area contributed by atoms with Gasteiger partial charge in [0.2, 0.25) is 0 Å². The van der Waals surface area contributed by atoms with E-state index in [2.05, 4.69) is 43.4 Å². The Morgan fingerprint density at radius 1 is 1.38 bits per heavy atom. The van der Waals surface area contributed by atoms with Crippen LogP contribution in [0, 0.1) is 6.92 Å². The number of carbonyl (C=O) groups excluding carboxylic acids is 1. The van der Waals surface area contributed by atoms with Crippen molar-refractivity contribution in [2.24, 2.45) is 0 Å². The van der Waals surface area contributed by atoms with E-state index in [1.807, 2.05) is 0 Å². The number of nitrogens with one attached hydrogen (secondary N) is 1. The van der Waals surface area contributed by atoms with Crippen molar-refractivity contribution < 1.29 is 9.53 Å². The van der Waals surface area contributed by atoms with Gasteiger partial charge < -0.3 is 15.0 Å². The number of methoxy groups -OCH3 is 1. The van der Waals surface area contributed by atoms with E-state index in [4.69, 9.17) is 4.74 Å². The maximum atomic E-state index is 11.5. The van der Waals surface area contributed by atoms with Crippen molar-refractivity contribution in [3.05, 3.63) is 35.4 Å². The molecule has 116 valence electrons. The average molecular weight is 290 g/mol. The third-order valence-electron chi connectivity index (χ3n) is 4.24. The molecule has 1 N–H and O–H groups in total. The summed E-state index contributed by atoms with van der Waals surface area (Å²) in [5.74, 6) is 0. The van der Waals surface area contributed by atoms with Gasteiger partial charge in [-0.2, -0.15) is 0 Å². The van der Waals surface area contributed by atoms with Crippen molar-refractivity contribution in [1.82, 2.24) is 10.2 Å². The van der Waals surface area contributed by atoms with Crippen molar-refractivity contribution in [3.63, 3.8) is 0 Å². The molecule has 0 spiro atoms. The fourth-order valence-corrected chi connectivity index (χ4v) is 2.99. The van der Waals surface area contributed by atoms with Crippen molar-refractivity contribution in [3.8, 4) is 0 Å². The normalized spacial score (nSPS) is 17.6. The molecule has 1 saturated heterocycles. The molecule has 2 rings (SSSR count). The minimum Gasteiger partial charge on any atom is -0.453 e. The van der Waals surface area contributed by atoms with Crippen LogP contribution in [0.5, 0.6) is 0 Å². The van der Waals surface area contributed by atoms with E-state index in [-0.39, 0.29) is 6.09 Å². The van der Waals surface area contributed by atoms with E-state index in [1.54, 1.807) is 4.90 Å². The topological polar surface area (TPSA) is 41.6 Å². The number of piperidine rings is 1. The molecule has 4 heteroatoms. The summed E-state index contributed by atoms with van der Waals surface area (Å²) in [5, 5.41) is 3.69. The number of aryl methyl sites for hydroxylation is 1. The highest BCUT2D eigenvalue weighted by molar-refractivity contribution is 5.67. The van der Waals surface area contributed by atoms with Gasteiger partial charge in [-0.25, -0.2) is 4.79 Å². The van der Waals surface area contributed by atoms with Crippen LogP contribution in [0.3, 0.4) is 0 Å². The Labute approximate surface area is 127 Å².